The molecule has 8 heteroatoms. The summed E-state index contributed by atoms with van der Waals surface area (Å²) < 4.78 is 11.3. The van der Waals surface area contributed by atoms with Crippen LogP contribution in [0.1, 0.15) is 78.1 Å². The van der Waals surface area contributed by atoms with Crippen molar-refractivity contribution in [3.05, 3.63) is 0 Å². The second kappa shape index (κ2) is 6.49. The van der Waals surface area contributed by atoms with E-state index in [1.54, 1.807) is 13.8 Å². The number of carbonyl (C=O) groups is 2. The van der Waals surface area contributed by atoms with E-state index in [0.717, 1.165) is 38.5 Å². The molecule has 0 aromatic rings. The third kappa shape index (κ3) is 2.64. The van der Waals surface area contributed by atoms with Crippen molar-refractivity contribution in [3.8, 4) is 0 Å². The molecule has 2 amide bonds. The maximum atomic E-state index is 12.6. The fourth-order valence-corrected chi connectivity index (χ4v) is 5.70. The van der Waals surface area contributed by atoms with Crippen LogP contribution in [0.4, 0.5) is 9.59 Å². The van der Waals surface area contributed by atoms with Gasteiger partial charge in [-0.2, -0.15) is 0 Å². The Morgan fingerprint density at radius 3 is 1.36 bits per heavy atom. The van der Waals surface area contributed by atoms with E-state index in [1.807, 2.05) is 0 Å². The number of hydrogen-bond donors (Lipinski definition) is 2. The SMILES string of the molecule is C[C@@]1(O)N(CCN2C(=O)OC3(CCCCC3)[C@]2(C)O)C(=O)OC12CCCCC2. The van der Waals surface area contributed by atoms with Crippen LogP contribution in [0.25, 0.3) is 0 Å². The average molecular weight is 396 g/mol. The molecule has 2 aliphatic carbocycles. The normalized spacial score (nSPS) is 36.9. The van der Waals surface area contributed by atoms with Gasteiger partial charge in [0.1, 0.15) is 0 Å². The monoisotopic (exact) mass is 396 g/mol. The first kappa shape index (κ1) is 19.8. The largest absolute Gasteiger partial charge is 0.438 e. The quantitative estimate of drug-likeness (QED) is 0.761. The van der Waals surface area contributed by atoms with Gasteiger partial charge in [-0.25, -0.2) is 9.59 Å². The van der Waals surface area contributed by atoms with E-state index in [-0.39, 0.29) is 13.1 Å². The van der Waals surface area contributed by atoms with Crippen LogP contribution in [0.3, 0.4) is 0 Å². The van der Waals surface area contributed by atoms with Gasteiger partial charge < -0.3 is 19.7 Å². The van der Waals surface area contributed by atoms with Crippen LogP contribution in [0.2, 0.25) is 0 Å². The summed E-state index contributed by atoms with van der Waals surface area (Å²) in [5.41, 5.74) is -4.66. The molecule has 0 radical (unpaired) electrons. The van der Waals surface area contributed by atoms with Gasteiger partial charge in [0, 0.05) is 13.1 Å². The van der Waals surface area contributed by atoms with Gasteiger partial charge in [-0.3, -0.25) is 9.80 Å². The lowest BCUT2D eigenvalue weighted by molar-refractivity contribution is -0.169. The molecule has 158 valence electrons. The summed E-state index contributed by atoms with van der Waals surface area (Å²) >= 11 is 0. The molecule has 0 bridgehead atoms. The molecule has 2 saturated heterocycles. The van der Waals surface area contributed by atoms with Crippen LogP contribution < -0.4 is 0 Å². The van der Waals surface area contributed by atoms with Crippen LogP contribution in [0.15, 0.2) is 0 Å². The van der Waals surface area contributed by atoms with Crippen molar-refractivity contribution in [2.75, 3.05) is 13.1 Å². The molecule has 0 aromatic carbocycles. The highest BCUT2D eigenvalue weighted by molar-refractivity contribution is 5.74. The topological polar surface area (TPSA) is 99.5 Å². The number of amides is 2. The highest BCUT2D eigenvalue weighted by Crippen LogP contribution is 2.48. The van der Waals surface area contributed by atoms with Gasteiger partial charge in [0.2, 0.25) is 0 Å². The van der Waals surface area contributed by atoms with E-state index < -0.39 is 34.8 Å². The van der Waals surface area contributed by atoms with Crippen LogP contribution in [-0.2, 0) is 9.47 Å². The van der Waals surface area contributed by atoms with Gasteiger partial charge in [-0.15, -0.1) is 0 Å². The first-order chi connectivity index (χ1) is 13.2. The number of hydrogen-bond acceptors (Lipinski definition) is 6. The highest BCUT2D eigenvalue weighted by Gasteiger charge is 2.64. The van der Waals surface area contributed by atoms with Gasteiger partial charge in [-0.1, -0.05) is 12.8 Å². The third-order valence-electron chi connectivity index (χ3n) is 7.65. The number of aliphatic hydroxyl groups is 2. The Morgan fingerprint density at radius 2 is 1.04 bits per heavy atom. The zero-order valence-corrected chi connectivity index (χ0v) is 16.9. The molecule has 2 saturated carbocycles. The van der Waals surface area contributed by atoms with Crippen molar-refractivity contribution < 1.29 is 29.3 Å². The summed E-state index contributed by atoms with van der Waals surface area (Å²) in [7, 11) is 0. The third-order valence-corrected chi connectivity index (χ3v) is 7.65. The number of carbonyl (C=O) groups excluding carboxylic acids is 2. The molecular formula is C20H32N2O6. The first-order valence-corrected chi connectivity index (χ1v) is 10.6. The Kier molecular flexibility index (Phi) is 4.58. The van der Waals surface area contributed by atoms with Crippen LogP contribution in [0.5, 0.6) is 0 Å². The lowest BCUT2D eigenvalue weighted by Gasteiger charge is -2.43. The fraction of sp³-hybridized carbons (Fsp3) is 0.900. The number of nitrogens with zero attached hydrogens (tertiary/aromatic N) is 2. The molecule has 2 spiro atoms. The van der Waals surface area contributed by atoms with Crippen molar-refractivity contribution in [3.63, 3.8) is 0 Å². The van der Waals surface area contributed by atoms with Gasteiger partial charge >= 0.3 is 12.2 Å². The van der Waals surface area contributed by atoms with Crippen molar-refractivity contribution in [1.82, 2.24) is 9.80 Å². The number of ether oxygens (including phenoxy) is 2. The van der Waals surface area contributed by atoms with Crippen LogP contribution in [0, 0.1) is 0 Å². The summed E-state index contributed by atoms with van der Waals surface area (Å²) in [5.74, 6) is 0. The maximum Gasteiger partial charge on any atom is 0.412 e. The minimum Gasteiger partial charge on any atom is -0.438 e. The van der Waals surface area contributed by atoms with E-state index in [1.165, 1.54) is 9.80 Å². The van der Waals surface area contributed by atoms with E-state index in [2.05, 4.69) is 0 Å². The molecule has 0 aromatic heterocycles. The summed E-state index contributed by atoms with van der Waals surface area (Å²) in [6.07, 6.45) is 7.19. The smallest absolute Gasteiger partial charge is 0.412 e. The Labute approximate surface area is 165 Å². The minimum atomic E-state index is -1.44. The minimum absolute atomic E-state index is 0.0783. The lowest BCUT2D eigenvalue weighted by Crippen LogP contribution is -2.61. The fourth-order valence-electron chi connectivity index (χ4n) is 5.70. The summed E-state index contributed by atoms with van der Waals surface area (Å²) in [4.78, 5) is 27.7. The Hall–Kier alpha value is -1.54. The van der Waals surface area contributed by atoms with Gasteiger partial charge in [0.05, 0.1) is 0 Å². The zero-order chi connectivity index (χ0) is 20.2. The Bertz CT molecular complexity index is 593. The van der Waals surface area contributed by atoms with Gasteiger partial charge in [0.15, 0.2) is 22.7 Å². The van der Waals surface area contributed by atoms with Crippen LogP contribution in [-0.4, -0.2) is 67.9 Å². The van der Waals surface area contributed by atoms with Crippen molar-refractivity contribution >= 4 is 12.2 Å². The molecule has 2 atom stereocenters. The second-order valence-corrected chi connectivity index (χ2v) is 9.19. The Balaban J connectivity index is 1.49. The Morgan fingerprint density at radius 1 is 0.714 bits per heavy atom. The summed E-state index contributed by atoms with van der Waals surface area (Å²) in [6.45, 7) is 3.39. The van der Waals surface area contributed by atoms with E-state index in [9.17, 15) is 19.8 Å². The molecule has 4 aliphatic rings. The maximum absolute atomic E-state index is 12.6. The molecule has 0 unspecified atom stereocenters. The highest BCUT2D eigenvalue weighted by atomic mass is 16.6. The molecule has 28 heavy (non-hydrogen) atoms. The summed E-state index contributed by atoms with van der Waals surface area (Å²) in [6, 6.07) is 0. The average Bonchev–Trinajstić information content (AvgIpc) is 2.93. The van der Waals surface area contributed by atoms with Gasteiger partial charge in [0.25, 0.3) is 0 Å². The predicted molar refractivity (Wildman–Crippen MR) is 99.3 cm³/mol. The molecule has 2 aliphatic heterocycles. The van der Waals surface area contributed by atoms with E-state index >= 15 is 0 Å². The predicted octanol–water partition coefficient (Wildman–Crippen LogP) is 2.71. The van der Waals surface area contributed by atoms with Crippen molar-refractivity contribution in [2.24, 2.45) is 0 Å². The van der Waals surface area contributed by atoms with E-state index in [4.69, 9.17) is 9.47 Å². The van der Waals surface area contributed by atoms with Crippen LogP contribution >= 0.6 is 0 Å². The molecule has 4 fully saturated rings. The number of rotatable bonds is 3. The standard InChI is InChI=1S/C20H32N2O6/c1-17(25)19(9-5-3-6-10-19)27-15(23)21(17)13-14-22-16(24)28-20(18(22,2)26)11-7-4-8-12-20/h25-26H,3-14H2,1-2H3/t17-,18-/m0/s1. The second-order valence-electron chi connectivity index (χ2n) is 9.19. The molecular weight excluding hydrogens is 364 g/mol. The van der Waals surface area contributed by atoms with Crippen molar-refractivity contribution in [2.45, 2.75) is 101 Å². The molecule has 2 heterocycles. The van der Waals surface area contributed by atoms with Crippen molar-refractivity contribution in [1.29, 1.82) is 0 Å². The molecule has 2 N–H and O–H groups in total. The molecule has 8 nitrogen and oxygen atoms in total. The zero-order valence-electron chi connectivity index (χ0n) is 16.9. The van der Waals surface area contributed by atoms with Gasteiger partial charge in [-0.05, 0) is 65.2 Å². The summed E-state index contributed by atoms with van der Waals surface area (Å²) in [5, 5.41) is 22.4. The lowest BCUT2D eigenvalue weighted by atomic mass is 9.77. The van der Waals surface area contributed by atoms with E-state index in [0.29, 0.717) is 25.7 Å². The first-order valence-electron chi connectivity index (χ1n) is 10.6. The molecule has 4 rings (SSSR count).